The number of hydrogen-bond acceptors (Lipinski definition) is 4. The Morgan fingerprint density at radius 2 is 1.66 bits per heavy atom. The molecule has 0 aliphatic carbocycles. The molecule has 6 nitrogen and oxygen atoms in total. The van der Waals surface area contributed by atoms with Crippen molar-refractivity contribution in [1.29, 1.82) is 0 Å². The lowest BCUT2D eigenvalue weighted by Crippen LogP contribution is -2.41. The molecule has 0 radical (unpaired) electrons. The molecule has 1 heterocycles. The molecule has 0 saturated carbocycles. The second-order valence-corrected chi connectivity index (χ2v) is 7.52. The first kappa shape index (κ1) is 20.7. The summed E-state index contributed by atoms with van der Waals surface area (Å²) in [4.78, 5) is 26.5. The highest BCUT2D eigenvalue weighted by Crippen LogP contribution is 2.30. The van der Waals surface area contributed by atoms with Gasteiger partial charge in [0.1, 0.15) is 30.3 Å². The Bertz CT molecular complexity index is 911. The molecule has 0 spiro atoms. The van der Waals surface area contributed by atoms with Crippen LogP contribution in [0.1, 0.15) is 19.4 Å². The number of imide groups is 1. The Kier molecular flexibility index (Phi) is 6.13. The van der Waals surface area contributed by atoms with Crippen LogP contribution in [0.5, 0.6) is 11.5 Å². The van der Waals surface area contributed by atoms with Gasteiger partial charge in [-0.2, -0.15) is 0 Å². The topological polar surface area (TPSA) is 67.9 Å². The lowest BCUT2D eigenvalue weighted by molar-refractivity contribution is -0.131. The fourth-order valence-electron chi connectivity index (χ4n) is 2.97. The van der Waals surface area contributed by atoms with E-state index in [9.17, 15) is 9.59 Å². The molecule has 0 aromatic heterocycles. The molecule has 3 rings (SSSR count). The summed E-state index contributed by atoms with van der Waals surface area (Å²) < 4.78 is 11.2. The molecule has 2 aromatic rings. The molecule has 1 unspecified atom stereocenters. The summed E-state index contributed by atoms with van der Waals surface area (Å²) in [5, 5.41) is 3.39. The van der Waals surface area contributed by atoms with Gasteiger partial charge in [0, 0.05) is 5.02 Å². The van der Waals surface area contributed by atoms with E-state index < -0.39 is 11.6 Å². The van der Waals surface area contributed by atoms with Crippen LogP contribution in [-0.4, -0.2) is 36.6 Å². The molecule has 3 amide bonds. The lowest BCUT2D eigenvalue weighted by atomic mass is 9.92. The van der Waals surface area contributed by atoms with E-state index >= 15 is 0 Å². The molecule has 2 aromatic carbocycles. The van der Waals surface area contributed by atoms with Gasteiger partial charge in [-0.3, -0.25) is 9.69 Å². The highest BCUT2D eigenvalue weighted by molar-refractivity contribution is 6.30. The Morgan fingerprint density at radius 3 is 2.28 bits per heavy atom. The van der Waals surface area contributed by atoms with Gasteiger partial charge in [-0.15, -0.1) is 0 Å². The van der Waals surface area contributed by atoms with Crippen LogP contribution in [0, 0.1) is 0 Å². The molecule has 1 fully saturated rings. The normalized spacial score (nSPS) is 18.5. The summed E-state index contributed by atoms with van der Waals surface area (Å²) in [5.41, 5.74) is 0.458. The van der Waals surface area contributed by atoms with Gasteiger partial charge in [0.25, 0.3) is 5.91 Å². The summed E-state index contributed by atoms with van der Waals surface area (Å²) in [6.07, 6.45) is 0. The molecule has 1 aliphatic rings. The smallest absolute Gasteiger partial charge is 0.325 e. The van der Waals surface area contributed by atoms with E-state index in [0.29, 0.717) is 28.7 Å². The first-order valence-electron chi connectivity index (χ1n) is 9.20. The summed E-state index contributed by atoms with van der Waals surface area (Å²) in [6, 6.07) is 13.5. The largest absolute Gasteiger partial charge is 0.492 e. The summed E-state index contributed by atoms with van der Waals surface area (Å²) in [6.45, 7) is 8.12. The Labute approximate surface area is 175 Å². The third-order valence-electron chi connectivity index (χ3n) is 4.59. The SMILES string of the molecule is C=C(C)COc1ccc(C2(C)NC(=O)N(CCOc3ccc(Cl)cc3)C2=O)cc1. The molecule has 1 aliphatic heterocycles. The van der Waals surface area contributed by atoms with E-state index in [0.717, 1.165) is 5.57 Å². The summed E-state index contributed by atoms with van der Waals surface area (Å²) >= 11 is 5.85. The molecule has 1 N–H and O–H groups in total. The third-order valence-corrected chi connectivity index (χ3v) is 4.84. The van der Waals surface area contributed by atoms with Crippen molar-refractivity contribution in [2.45, 2.75) is 19.4 Å². The van der Waals surface area contributed by atoms with Crippen LogP contribution in [-0.2, 0) is 10.3 Å². The highest BCUT2D eigenvalue weighted by Gasteiger charge is 2.48. The van der Waals surface area contributed by atoms with Crippen LogP contribution in [0.3, 0.4) is 0 Å². The predicted octanol–water partition coefficient (Wildman–Crippen LogP) is 4.14. The molecule has 0 bridgehead atoms. The maximum absolute atomic E-state index is 13.0. The van der Waals surface area contributed by atoms with Crippen LogP contribution in [0.4, 0.5) is 4.79 Å². The number of benzene rings is 2. The Balaban J connectivity index is 1.63. The predicted molar refractivity (Wildman–Crippen MR) is 111 cm³/mol. The Morgan fingerprint density at radius 1 is 1.07 bits per heavy atom. The third kappa shape index (κ3) is 4.71. The minimum atomic E-state index is -1.13. The van der Waals surface area contributed by atoms with Gasteiger partial charge >= 0.3 is 6.03 Å². The van der Waals surface area contributed by atoms with Crippen LogP contribution < -0.4 is 14.8 Å². The van der Waals surface area contributed by atoms with Gasteiger partial charge in [-0.25, -0.2) is 4.79 Å². The van der Waals surface area contributed by atoms with Crippen molar-refractivity contribution < 1.29 is 19.1 Å². The van der Waals surface area contributed by atoms with Crippen molar-refractivity contribution in [2.24, 2.45) is 0 Å². The number of carbonyl (C=O) groups is 2. The number of ether oxygens (including phenoxy) is 2. The number of halogens is 1. The highest BCUT2D eigenvalue weighted by atomic mass is 35.5. The van der Waals surface area contributed by atoms with Crippen LogP contribution in [0.2, 0.25) is 5.02 Å². The number of carbonyl (C=O) groups excluding carboxylic acids is 2. The van der Waals surface area contributed by atoms with E-state index in [1.807, 2.05) is 6.92 Å². The van der Waals surface area contributed by atoms with Crippen molar-refractivity contribution in [3.8, 4) is 11.5 Å². The van der Waals surface area contributed by atoms with Gasteiger partial charge in [-0.05, 0) is 61.4 Å². The number of nitrogens with one attached hydrogen (secondary N) is 1. The first-order valence-corrected chi connectivity index (χ1v) is 9.57. The second kappa shape index (κ2) is 8.57. The number of urea groups is 1. The van der Waals surface area contributed by atoms with E-state index in [1.165, 1.54) is 4.90 Å². The summed E-state index contributed by atoms with van der Waals surface area (Å²) in [5.74, 6) is 0.970. The molecule has 1 atom stereocenters. The number of rotatable bonds is 8. The molecular weight excluding hydrogens is 392 g/mol. The average Bonchev–Trinajstić information content (AvgIpc) is 2.92. The molecule has 7 heteroatoms. The van der Waals surface area contributed by atoms with E-state index in [1.54, 1.807) is 55.5 Å². The first-order chi connectivity index (χ1) is 13.8. The zero-order valence-electron chi connectivity index (χ0n) is 16.4. The van der Waals surface area contributed by atoms with Crippen LogP contribution >= 0.6 is 11.6 Å². The van der Waals surface area contributed by atoms with Crippen LogP contribution in [0.25, 0.3) is 0 Å². The van der Waals surface area contributed by atoms with Gasteiger partial charge < -0.3 is 14.8 Å². The van der Waals surface area contributed by atoms with Crippen molar-refractivity contribution in [3.63, 3.8) is 0 Å². The number of amides is 3. The standard InChI is InChI=1S/C22H23ClN2O4/c1-15(2)14-29-19-8-4-16(5-9-19)22(3)20(26)25(21(27)24-22)12-13-28-18-10-6-17(23)7-11-18/h4-11H,1,12-14H2,2-3H3,(H,24,27). The van der Waals surface area contributed by atoms with Gasteiger partial charge in [0.15, 0.2) is 0 Å². The zero-order chi connectivity index (χ0) is 21.0. The Hall–Kier alpha value is -2.99. The fraction of sp³-hybridized carbons (Fsp3) is 0.273. The van der Waals surface area contributed by atoms with Crippen molar-refractivity contribution in [3.05, 3.63) is 71.3 Å². The van der Waals surface area contributed by atoms with Gasteiger partial charge in [-0.1, -0.05) is 30.3 Å². The minimum absolute atomic E-state index is 0.142. The maximum atomic E-state index is 13.0. The van der Waals surface area contributed by atoms with E-state index in [2.05, 4.69) is 11.9 Å². The fourth-order valence-corrected chi connectivity index (χ4v) is 3.10. The minimum Gasteiger partial charge on any atom is -0.492 e. The van der Waals surface area contributed by atoms with E-state index in [-0.39, 0.29) is 19.1 Å². The lowest BCUT2D eigenvalue weighted by Gasteiger charge is -2.22. The monoisotopic (exact) mass is 414 g/mol. The summed E-state index contributed by atoms with van der Waals surface area (Å²) in [7, 11) is 0. The quantitative estimate of drug-likeness (QED) is 0.520. The zero-order valence-corrected chi connectivity index (χ0v) is 17.2. The number of nitrogens with zero attached hydrogens (tertiary/aromatic N) is 1. The molecule has 152 valence electrons. The van der Waals surface area contributed by atoms with Crippen molar-refractivity contribution in [1.82, 2.24) is 10.2 Å². The van der Waals surface area contributed by atoms with Crippen molar-refractivity contribution in [2.75, 3.05) is 19.8 Å². The van der Waals surface area contributed by atoms with Crippen molar-refractivity contribution >= 4 is 23.5 Å². The van der Waals surface area contributed by atoms with Gasteiger partial charge in [0.2, 0.25) is 0 Å². The van der Waals surface area contributed by atoms with Crippen LogP contribution in [0.15, 0.2) is 60.7 Å². The second-order valence-electron chi connectivity index (χ2n) is 7.08. The van der Waals surface area contributed by atoms with Gasteiger partial charge in [0.05, 0.1) is 6.54 Å². The molecule has 1 saturated heterocycles. The molecular formula is C22H23ClN2O4. The maximum Gasteiger partial charge on any atom is 0.325 e. The number of hydrogen-bond donors (Lipinski definition) is 1. The molecule has 29 heavy (non-hydrogen) atoms. The average molecular weight is 415 g/mol. The van der Waals surface area contributed by atoms with E-state index in [4.69, 9.17) is 21.1 Å².